The van der Waals surface area contributed by atoms with Crippen LogP contribution in [0.15, 0.2) is 22.7 Å². The molecule has 0 saturated carbocycles. The molecule has 17 heavy (non-hydrogen) atoms. The number of benzene rings is 1. The van der Waals surface area contributed by atoms with Crippen molar-refractivity contribution >= 4 is 15.9 Å². The molecule has 0 spiro atoms. The standard InChI is InChI=1S/C13H12BrN3/c1-8-4-5-10(14)6-11(8)13-12(7-15)16-9(2)17(13)3/h4-6H,1-3H3. The SMILES string of the molecule is Cc1ccc(Br)cc1-c1c(C#N)nc(C)n1C. The van der Waals surface area contributed by atoms with E-state index in [-0.39, 0.29) is 0 Å². The molecule has 2 aromatic rings. The predicted molar refractivity (Wildman–Crippen MR) is 70.5 cm³/mol. The molecule has 0 atom stereocenters. The van der Waals surface area contributed by atoms with Gasteiger partial charge in [0.2, 0.25) is 0 Å². The van der Waals surface area contributed by atoms with E-state index in [2.05, 4.69) is 27.0 Å². The molecule has 1 heterocycles. The minimum absolute atomic E-state index is 0.478. The van der Waals surface area contributed by atoms with Gasteiger partial charge in [0.05, 0.1) is 5.69 Å². The molecular weight excluding hydrogens is 278 g/mol. The first-order valence-corrected chi connectivity index (χ1v) is 6.04. The van der Waals surface area contributed by atoms with Gasteiger partial charge in [-0.15, -0.1) is 0 Å². The predicted octanol–water partition coefficient (Wildman–Crippen LogP) is 3.34. The Labute approximate surface area is 109 Å². The van der Waals surface area contributed by atoms with Crippen LogP contribution in [-0.4, -0.2) is 9.55 Å². The van der Waals surface area contributed by atoms with Crippen LogP contribution < -0.4 is 0 Å². The molecule has 0 N–H and O–H groups in total. The highest BCUT2D eigenvalue weighted by Crippen LogP contribution is 2.29. The van der Waals surface area contributed by atoms with Crippen molar-refractivity contribution in [3.05, 3.63) is 39.8 Å². The summed E-state index contributed by atoms with van der Waals surface area (Å²) in [6.07, 6.45) is 0. The molecule has 1 aromatic heterocycles. The number of halogens is 1. The molecule has 0 aliphatic heterocycles. The maximum atomic E-state index is 9.14. The third-order valence-corrected chi connectivity index (χ3v) is 3.37. The lowest BCUT2D eigenvalue weighted by Gasteiger charge is -2.08. The summed E-state index contributed by atoms with van der Waals surface area (Å²) in [7, 11) is 1.93. The van der Waals surface area contributed by atoms with Gasteiger partial charge in [0.1, 0.15) is 11.9 Å². The number of nitriles is 1. The van der Waals surface area contributed by atoms with E-state index in [0.29, 0.717) is 5.69 Å². The van der Waals surface area contributed by atoms with Crippen molar-refractivity contribution in [1.29, 1.82) is 5.26 Å². The van der Waals surface area contributed by atoms with Crippen LogP contribution in [0.1, 0.15) is 17.1 Å². The van der Waals surface area contributed by atoms with Crippen LogP contribution in [-0.2, 0) is 7.05 Å². The number of nitrogens with zero attached hydrogens (tertiary/aromatic N) is 3. The number of aryl methyl sites for hydroxylation is 2. The van der Waals surface area contributed by atoms with Gasteiger partial charge in [0.25, 0.3) is 0 Å². The zero-order valence-corrected chi connectivity index (χ0v) is 11.5. The van der Waals surface area contributed by atoms with Crippen molar-refractivity contribution < 1.29 is 0 Å². The maximum Gasteiger partial charge on any atom is 0.166 e. The zero-order valence-electron chi connectivity index (χ0n) is 9.95. The molecular formula is C13H12BrN3. The minimum Gasteiger partial charge on any atom is -0.330 e. The quantitative estimate of drug-likeness (QED) is 0.808. The molecule has 0 saturated heterocycles. The molecule has 0 unspecified atom stereocenters. The maximum absolute atomic E-state index is 9.14. The summed E-state index contributed by atoms with van der Waals surface area (Å²) in [5.74, 6) is 0.843. The third-order valence-electron chi connectivity index (χ3n) is 2.88. The zero-order chi connectivity index (χ0) is 12.6. The molecule has 1 aromatic carbocycles. The van der Waals surface area contributed by atoms with Crippen molar-refractivity contribution in [1.82, 2.24) is 9.55 Å². The summed E-state index contributed by atoms with van der Waals surface area (Å²) in [6, 6.07) is 8.20. The van der Waals surface area contributed by atoms with Gasteiger partial charge in [-0.1, -0.05) is 22.0 Å². The molecule has 3 nitrogen and oxygen atoms in total. The number of rotatable bonds is 1. The Hall–Kier alpha value is -1.60. The van der Waals surface area contributed by atoms with Gasteiger partial charge in [-0.25, -0.2) is 4.98 Å². The summed E-state index contributed by atoms with van der Waals surface area (Å²) in [5, 5.41) is 9.14. The Morgan fingerprint density at radius 3 is 2.71 bits per heavy atom. The summed E-state index contributed by atoms with van der Waals surface area (Å²) in [4.78, 5) is 4.26. The highest BCUT2D eigenvalue weighted by Gasteiger charge is 2.15. The van der Waals surface area contributed by atoms with Crippen LogP contribution in [0.25, 0.3) is 11.3 Å². The van der Waals surface area contributed by atoms with Crippen molar-refractivity contribution in [2.45, 2.75) is 13.8 Å². The molecule has 0 fully saturated rings. The average Bonchev–Trinajstić information content (AvgIpc) is 2.59. The molecule has 0 bridgehead atoms. The van der Waals surface area contributed by atoms with E-state index < -0.39 is 0 Å². The molecule has 2 rings (SSSR count). The van der Waals surface area contributed by atoms with Gasteiger partial charge in [0, 0.05) is 17.1 Å². The number of imidazole rings is 1. The number of aromatic nitrogens is 2. The van der Waals surface area contributed by atoms with E-state index in [1.165, 1.54) is 0 Å². The van der Waals surface area contributed by atoms with Gasteiger partial charge < -0.3 is 4.57 Å². The second kappa shape index (κ2) is 4.34. The Morgan fingerprint density at radius 1 is 1.35 bits per heavy atom. The van der Waals surface area contributed by atoms with E-state index in [0.717, 1.165) is 27.1 Å². The smallest absolute Gasteiger partial charge is 0.166 e. The van der Waals surface area contributed by atoms with E-state index in [1.54, 1.807) is 0 Å². The van der Waals surface area contributed by atoms with E-state index in [4.69, 9.17) is 5.26 Å². The van der Waals surface area contributed by atoms with Crippen LogP contribution in [0.4, 0.5) is 0 Å². The molecule has 4 heteroatoms. The Bertz CT molecular complexity index is 620. The lowest BCUT2D eigenvalue weighted by Crippen LogP contribution is -1.96. The first-order chi connectivity index (χ1) is 8.04. The monoisotopic (exact) mass is 289 g/mol. The van der Waals surface area contributed by atoms with E-state index in [1.807, 2.05) is 43.7 Å². The van der Waals surface area contributed by atoms with Crippen LogP contribution in [0.3, 0.4) is 0 Å². The van der Waals surface area contributed by atoms with Crippen LogP contribution in [0.2, 0.25) is 0 Å². The number of hydrogen-bond donors (Lipinski definition) is 0. The summed E-state index contributed by atoms with van der Waals surface area (Å²) >= 11 is 3.46. The molecule has 0 radical (unpaired) electrons. The highest BCUT2D eigenvalue weighted by atomic mass is 79.9. The van der Waals surface area contributed by atoms with Crippen molar-refractivity contribution in [3.8, 4) is 17.3 Å². The van der Waals surface area contributed by atoms with Crippen molar-refractivity contribution in [2.75, 3.05) is 0 Å². The summed E-state index contributed by atoms with van der Waals surface area (Å²) in [5.41, 5.74) is 3.53. The topological polar surface area (TPSA) is 41.6 Å². The Morgan fingerprint density at radius 2 is 2.06 bits per heavy atom. The summed E-state index contributed by atoms with van der Waals surface area (Å²) < 4.78 is 2.95. The van der Waals surface area contributed by atoms with Crippen LogP contribution in [0.5, 0.6) is 0 Å². The average molecular weight is 290 g/mol. The second-order valence-electron chi connectivity index (χ2n) is 3.99. The van der Waals surface area contributed by atoms with Gasteiger partial charge in [-0.05, 0) is 31.5 Å². The summed E-state index contributed by atoms with van der Waals surface area (Å²) in [6.45, 7) is 3.93. The van der Waals surface area contributed by atoms with Gasteiger partial charge in [-0.2, -0.15) is 5.26 Å². The second-order valence-corrected chi connectivity index (χ2v) is 4.90. The minimum atomic E-state index is 0.478. The highest BCUT2D eigenvalue weighted by molar-refractivity contribution is 9.10. The van der Waals surface area contributed by atoms with Gasteiger partial charge in [-0.3, -0.25) is 0 Å². The fourth-order valence-corrected chi connectivity index (χ4v) is 2.21. The fourth-order valence-electron chi connectivity index (χ4n) is 1.85. The van der Waals surface area contributed by atoms with Crippen molar-refractivity contribution in [2.24, 2.45) is 7.05 Å². The largest absolute Gasteiger partial charge is 0.330 e. The molecule has 0 amide bonds. The van der Waals surface area contributed by atoms with Crippen LogP contribution in [0, 0.1) is 25.2 Å². The number of hydrogen-bond acceptors (Lipinski definition) is 2. The third kappa shape index (κ3) is 1.98. The van der Waals surface area contributed by atoms with Crippen LogP contribution >= 0.6 is 15.9 Å². The fraction of sp³-hybridized carbons (Fsp3) is 0.231. The Kier molecular flexibility index (Phi) is 3.03. The van der Waals surface area contributed by atoms with Crippen molar-refractivity contribution in [3.63, 3.8) is 0 Å². The van der Waals surface area contributed by atoms with Gasteiger partial charge >= 0.3 is 0 Å². The lowest BCUT2D eigenvalue weighted by molar-refractivity contribution is 0.864. The first kappa shape index (κ1) is 11.9. The van der Waals surface area contributed by atoms with Gasteiger partial charge in [0.15, 0.2) is 5.69 Å². The normalized spacial score (nSPS) is 10.3. The Balaban J connectivity index is 2.77. The first-order valence-electron chi connectivity index (χ1n) is 5.24. The molecule has 86 valence electrons. The lowest BCUT2D eigenvalue weighted by atomic mass is 10.0. The molecule has 0 aliphatic rings. The molecule has 0 aliphatic carbocycles. The van der Waals surface area contributed by atoms with E-state index >= 15 is 0 Å². The van der Waals surface area contributed by atoms with E-state index in [9.17, 15) is 0 Å².